The lowest BCUT2D eigenvalue weighted by Crippen LogP contribution is -2.33. The first-order valence-corrected chi connectivity index (χ1v) is 9.11. The molecule has 1 aliphatic rings. The van der Waals surface area contributed by atoms with E-state index in [4.69, 9.17) is 4.74 Å². The van der Waals surface area contributed by atoms with E-state index in [-0.39, 0.29) is 11.8 Å². The second-order valence-corrected chi connectivity index (χ2v) is 6.28. The third-order valence-electron chi connectivity index (χ3n) is 4.35. The number of nitrogens with zero attached hydrogens (tertiary/aromatic N) is 1. The summed E-state index contributed by atoms with van der Waals surface area (Å²) in [4.78, 5) is 26.6. The number of methoxy groups -OCH3 is 1. The zero-order valence-electron chi connectivity index (χ0n) is 15.3. The molecule has 0 bridgehead atoms. The lowest BCUT2D eigenvalue weighted by atomic mass is 10.1. The summed E-state index contributed by atoms with van der Waals surface area (Å²) in [7, 11) is 1.65. The molecule has 0 aliphatic carbocycles. The maximum absolute atomic E-state index is 12.7. The van der Waals surface area contributed by atoms with E-state index in [2.05, 4.69) is 15.5 Å². The van der Waals surface area contributed by atoms with E-state index in [1.807, 2.05) is 12.1 Å². The standard InChI is InChI=1S/C19H29N3O3/c1-3-18(23)21-15-8-9-17(22-11-5-4-6-12-22)16(14-15)19(24)20-10-7-13-25-2/h8-9,14H,3-7,10-13H2,1-2H3,(H,20,24)(H,21,23). The monoisotopic (exact) mass is 347 g/mol. The van der Waals surface area contributed by atoms with Crippen LogP contribution in [0.15, 0.2) is 18.2 Å². The van der Waals surface area contributed by atoms with Gasteiger partial charge in [-0.05, 0) is 43.9 Å². The van der Waals surface area contributed by atoms with Crippen LogP contribution in [-0.2, 0) is 9.53 Å². The van der Waals surface area contributed by atoms with E-state index < -0.39 is 0 Å². The van der Waals surface area contributed by atoms with Crippen LogP contribution < -0.4 is 15.5 Å². The number of rotatable bonds is 8. The Morgan fingerprint density at radius 1 is 1.20 bits per heavy atom. The van der Waals surface area contributed by atoms with E-state index in [9.17, 15) is 9.59 Å². The van der Waals surface area contributed by atoms with Crippen molar-refractivity contribution in [3.63, 3.8) is 0 Å². The van der Waals surface area contributed by atoms with Crippen LogP contribution in [0.3, 0.4) is 0 Å². The number of hydrogen-bond acceptors (Lipinski definition) is 4. The van der Waals surface area contributed by atoms with E-state index in [0.717, 1.165) is 38.0 Å². The lowest BCUT2D eigenvalue weighted by Gasteiger charge is -2.30. The van der Waals surface area contributed by atoms with E-state index >= 15 is 0 Å². The van der Waals surface area contributed by atoms with Gasteiger partial charge in [0.05, 0.1) is 5.56 Å². The zero-order valence-corrected chi connectivity index (χ0v) is 15.3. The van der Waals surface area contributed by atoms with Crippen LogP contribution in [-0.4, -0.2) is 45.2 Å². The van der Waals surface area contributed by atoms with Crippen molar-refractivity contribution in [1.29, 1.82) is 0 Å². The SMILES string of the molecule is CCC(=O)Nc1ccc(N2CCCCC2)c(C(=O)NCCCOC)c1. The van der Waals surface area contributed by atoms with Gasteiger partial charge < -0.3 is 20.3 Å². The molecule has 1 fully saturated rings. The molecule has 0 radical (unpaired) electrons. The maximum Gasteiger partial charge on any atom is 0.253 e. The van der Waals surface area contributed by atoms with Crippen molar-refractivity contribution in [3.8, 4) is 0 Å². The molecule has 2 N–H and O–H groups in total. The summed E-state index contributed by atoms with van der Waals surface area (Å²) in [6.07, 6.45) is 4.70. The molecule has 1 aromatic rings. The number of carbonyl (C=O) groups excluding carboxylic acids is 2. The third kappa shape index (κ3) is 5.74. The average Bonchev–Trinajstić information content (AvgIpc) is 2.65. The van der Waals surface area contributed by atoms with Gasteiger partial charge in [0.25, 0.3) is 5.91 Å². The first-order valence-electron chi connectivity index (χ1n) is 9.11. The third-order valence-corrected chi connectivity index (χ3v) is 4.35. The highest BCUT2D eigenvalue weighted by Crippen LogP contribution is 2.27. The first kappa shape index (κ1) is 19.2. The molecule has 1 aliphatic heterocycles. The highest BCUT2D eigenvalue weighted by atomic mass is 16.5. The highest BCUT2D eigenvalue weighted by Gasteiger charge is 2.19. The van der Waals surface area contributed by atoms with Crippen LogP contribution >= 0.6 is 0 Å². The number of piperidine rings is 1. The van der Waals surface area contributed by atoms with Gasteiger partial charge in [-0.1, -0.05) is 6.92 Å². The summed E-state index contributed by atoms with van der Waals surface area (Å²) in [5, 5.41) is 5.79. The molecule has 0 saturated carbocycles. The van der Waals surface area contributed by atoms with Crippen molar-refractivity contribution >= 4 is 23.2 Å². The molecule has 0 aromatic heterocycles. The minimum absolute atomic E-state index is 0.0582. The van der Waals surface area contributed by atoms with Crippen molar-refractivity contribution in [1.82, 2.24) is 5.32 Å². The lowest BCUT2D eigenvalue weighted by molar-refractivity contribution is -0.115. The number of benzene rings is 1. The number of carbonyl (C=O) groups is 2. The normalized spacial score (nSPS) is 14.2. The minimum Gasteiger partial charge on any atom is -0.385 e. The predicted octanol–water partition coefficient (Wildman–Crippen LogP) is 2.79. The topological polar surface area (TPSA) is 70.7 Å². The second-order valence-electron chi connectivity index (χ2n) is 6.28. The van der Waals surface area contributed by atoms with Crippen molar-refractivity contribution in [2.24, 2.45) is 0 Å². The highest BCUT2D eigenvalue weighted by molar-refractivity contribution is 6.02. The summed E-state index contributed by atoms with van der Waals surface area (Å²) in [6, 6.07) is 5.60. The Kier molecular flexibility index (Phi) is 7.73. The molecule has 0 spiro atoms. The molecule has 6 nitrogen and oxygen atoms in total. The fourth-order valence-electron chi connectivity index (χ4n) is 2.97. The van der Waals surface area contributed by atoms with Gasteiger partial charge in [0.2, 0.25) is 5.91 Å². The van der Waals surface area contributed by atoms with Gasteiger partial charge in [-0.15, -0.1) is 0 Å². The fraction of sp³-hybridized carbons (Fsp3) is 0.579. The molecular weight excluding hydrogens is 318 g/mol. The number of amides is 2. The summed E-state index contributed by atoms with van der Waals surface area (Å²) in [6.45, 7) is 4.92. The van der Waals surface area contributed by atoms with Crippen LogP contribution in [0, 0.1) is 0 Å². The van der Waals surface area contributed by atoms with Crippen molar-refractivity contribution in [3.05, 3.63) is 23.8 Å². The molecule has 6 heteroatoms. The van der Waals surface area contributed by atoms with Crippen LogP contribution in [0.5, 0.6) is 0 Å². The Balaban J connectivity index is 2.18. The van der Waals surface area contributed by atoms with Crippen molar-refractivity contribution in [2.45, 2.75) is 39.0 Å². The van der Waals surface area contributed by atoms with Crippen molar-refractivity contribution in [2.75, 3.05) is 43.6 Å². The molecule has 1 heterocycles. The summed E-state index contributed by atoms with van der Waals surface area (Å²) in [5.41, 5.74) is 2.22. The minimum atomic E-state index is -0.107. The molecule has 138 valence electrons. The van der Waals surface area contributed by atoms with E-state index in [0.29, 0.717) is 30.8 Å². The van der Waals surface area contributed by atoms with Gasteiger partial charge in [0.1, 0.15) is 0 Å². The Bertz CT molecular complexity index is 583. The van der Waals surface area contributed by atoms with Gasteiger partial charge in [-0.25, -0.2) is 0 Å². The Morgan fingerprint density at radius 3 is 2.64 bits per heavy atom. The van der Waals surface area contributed by atoms with Crippen molar-refractivity contribution < 1.29 is 14.3 Å². The molecule has 0 unspecified atom stereocenters. The van der Waals surface area contributed by atoms with Gasteiger partial charge in [0.15, 0.2) is 0 Å². The predicted molar refractivity (Wildman–Crippen MR) is 100 cm³/mol. The molecule has 25 heavy (non-hydrogen) atoms. The Labute approximate surface area is 149 Å². The fourth-order valence-corrected chi connectivity index (χ4v) is 2.97. The molecule has 2 amide bonds. The van der Waals surface area contributed by atoms with Gasteiger partial charge in [0, 0.05) is 51.1 Å². The van der Waals surface area contributed by atoms with Gasteiger partial charge >= 0.3 is 0 Å². The van der Waals surface area contributed by atoms with E-state index in [1.165, 1.54) is 6.42 Å². The molecule has 1 saturated heterocycles. The van der Waals surface area contributed by atoms with Gasteiger partial charge in [-0.2, -0.15) is 0 Å². The smallest absolute Gasteiger partial charge is 0.253 e. The summed E-state index contributed by atoms with van der Waals surface area (Å²) >= 11 is 0. The average molecular weight is 347 g/mol. The van der Waals surface area contributed by atoms with Crippen LogP contribution in [0.25, 0.3) is 0 Å². The van der Waals surface area contributed by atoms with Crippen LogP contribution in [0.2, 0.25) is 0 Å². The van der Waals surface area contributed by atoms with E-state index in [1.54, 1.807) is 20.1 Å². The number of anilines is 2. The zero-order chi connectivity index (χ0) is 18.1. The number of ether oxygens (including phenoxy) is 1. The number of nitrogens with one attached hydrogen (secondary N) is 2. The quantitative estimate of drug-likeness (QED) is 0.710. The summed E-state index contributed by atoms with van der Waals surface area (Å²) < 4.78 is 5.02. The largest absolute Gasteiger partial charge is 0.385 e. The summed E-state index contributed by atoms with van der Waals surface area (Å²) in [5.74, 6) is -0.165. The van der Waals surface area contributed by atoms with Crippen LogP contribution in [0.4, 0.5) is 11.4 Å². The number of hydrogen-bond donors (Lipinski definition) is 2. The van der Waals surface area contributed by atoms with Crippen LogP contribution in [0.1, 0.15) is 49.4 Å². The van der Waals surface area contributed by atoms with Gasteiger partial charge in [-0.3, -0.25) is 9.59 Å². The first-order chi connectivity index (χ1) is 12.2. The molecule has 0 atom stereocenters. The Hall–Kier alpha value is -2.08. The maximum atomic E-state index is 12.7. The Morgan fingerprint density at radius 2 is 1.96 bits per heavy atom. The molecule has 1 aromatic carbocycles. The molecular formula is C19H29N3O3. The second kappa shape index (κ2) is 10.0. The molecule has 2 rings (SSSR count).